The van der Waals surface area contributed by atoms with Gasteiger partial charge in [-0.2, -0.15) is 0 Å². The third-order valence-electron chi connectivity index (χ3n) is 3.56. The van der Waals surface area contributed by atoms with Gasteiger partial charge in [0.2, 0.25) is 0 Å². The fraction of sp³-hybridized carbons (Fsp3) is 1.00. The molecule has 2 aliphatic rings. The van der Waals surface area contributed by atoms with Gasteiger partial charge in [-0.25, -0.2) is 0 Å². The van der Waals surface area contributed by atoms with E-state index in [1.807, 2.05) is 0 Å². The molecule has 4 heteroatoms. The molecule has 0 aromatic rings. The van der Waals surface area contributed by atoms with Crippen LogP contribution in [0.25, 0.3) is 0 Å². The quantitative estimate of drug-likeness (QED) is 0.733. The van der Waals surface area contributed by atoms with Crippen molar-refractivity contribution in [3.8, 4) is 0 Å². The Morgan fingerprint density at radius 1 is 1.00 bits per heavy atom. The van der Waals surface area contributed by atoms with Crippen LogP contribution >= 0.6 is 0 Å². The zero-order valence-electron chi connectivity index (χ0n) is 9.07. The molecule has 1 spiro atoms. The maximum atomic E-state index is 10.2. The van der Waals surface area contributed by atoms with E-state index >= 15 is 0 Å². The molecule has 0 atom stereocenters. The first-order valence-corrected chi connectivity index (χ1v) is 5.79. The summed E-state index contributed by atoms with van der Waals surface area (Å²) in [5, 5.41) is 19.0. The van der Waals surface area contributed by atoms with Crippen LogP contribution in [0.2, 0.25) is 0 Å². The fourth-order valence-electron chi connectivity index (χ4n) is 2.54. The zero-order valence-corrected chi connectivity index (χ0v) is 9.07. The third-order valence-corrected chi connectivity index (χ3v) is 3.56. The van der Waals surface area contributed by atoms with Gasteiger partial charge in [0, 0.05) is 19.4 Å². The molecule has 4 nitrogen and oxygen atoms in total. The van der Waals surface area contributed by atoms with Gasteiger partial charge in [0.25, 0.3) is 0 Å². The molecule has 88 valence electrons. The number of rotatable bonds is 3. The predicted octanol–water partition coefficient (Wildman–Crippen LogP) is 0.807. The lowest BCUT2D eigenvalue weighted by atomic mass is 9.79. The van der Waals surface area contributed by atoms with E-state index in [0.717, 1.165) is 12.8 Å². The summed E-state index contributed by atoms with van der Waals surface area (Å²) in [5.74, 6) is -0.397. The lowest BCUT2D eigenvalue weighted by Crippen LogP contribution is -2.43. The normalized spacial score (nSPS) is 28.4. The van der Waals surface area contributed by atoms with Crippen LogP contribution in [0, 0.1) is 0 Å². The molecule has 1 aliphatic heterocycles. The highest BCUT2D eigenvalue weighted by molar-refractivity contribution is 4.91. The minimum atomic E-state index is -0.608. The van der Waals surface area contributed by atoms with Gasteiger partial charge in [0.05, 0.1) is 18.8 Å². The summed E-state index contributed by atoms with van der Waals surface area (Å²) in [6, 6.07) is 0. The Labute approximate surface area is 90.2 Å². The highest BCUT2D eigenvalue weighted by atomic mass is 16.7. The molecular formula is C11H20O4. The molecule has 0 radical (unpaired) electrons. The molecule has 0 aromatic carbocycles. The fourth-order valence-corrected chi connectivity index (χ4v) is 2.54. The molecule has 1 aliphatic carbocycles. The first-order chi connectivity index (χ1) is 7.18. The summed E-state index contributed by atoms with van der Waals surface area (Å²) in [6.45, 7) is 1.50. The molecule has 2 N–H and O–H groups in total. The summed E-state index contributed by atoms with van der Waals surface area (Å²) in [5.41, 5.74) is -0.608. The summed E-state index contributed by atoms with van der Waals surface area (Å²) < 4.78 is 11.2. The zero-order chi connectivity index (χ0) is 10.8. The molecule has 0 bridgehead atoms. The molecule has 15 heavy (non-hydrogen) atoms. The Bertz CT molecular complexity index is 201. The van der Waals surface area contributed by atoms with Crippen molar-refractivity contribution in [3.05, 3.63) is 0 Å². The van der Waals surface area contributed by atoms with E-state index in [9.17, 15) is 5.11 Å². The van der Waals surface area contributed by atoms with Crippen molar-refractivity contribution in [2.45, 2.75) is 49.9 Å². The van der Waals surface area contributed by atoms with E-state index in [1.54, 1.807) is 0 Å². The Kier molecular flexibility index (Phi) is 3.30. The van der Waals surface area contributed by atoms with Gasteiger partial charge in [-0.05, 0) is 25.7 Å². The number of hydrogen-bond acceptors (Lipinski definition) is 4. The molecule has 1 saturated heterocycles. The Morgan fingerprint density at radius 3 is 2.13 bits per heavy atom. The Balaban J connectivity index is 1.85. The largest absolute Gasteiger partial charge is 0.396 e. The Morgan fingerprint density at radius 2 is 1.60 bits per heavy atom. The summed E-state index contributed by atoms with van der Waals surface area (Å²) in [6.07, 6.45) is 4.33. The smallest absolute Gasteiger partial charge is 0.168 e. The van der Waals surface area contributed by atoms with E-state index in [0.29, 0.717) is 38.9 Å². The maximum absolute atomic E-state index is 10.2. The van der Waals surface area contributed by atoms with Gasteiger partial charge >= 0.3 is 0 Å². The second-order valence-electron chi connectivity index (χ2n) is 4.66. The van der Waals surface area contributed by atoms with Crippen molar-refractivity contribution in [3.63, 3.8) is 0 Å². The number of ether oxygens (including phenoxy) is 2. The van der Waals surface area contributed by atoms with Gasteiger partial charge in [-0.3, -0.25) is 0 Å². The first-order valence-electron chi connectivity index (χ1n) is 5.79. The van der Waals surface area contributed by atoms with Crippen LogP contribution in [0.4, 0.5) is 0 Å². The molecule has 2 rings (SSSR count). The first kappa shape index (κ1) is 11.3. The summed E-state index contributed by atoms with van der Waals surface area (Å²) >= 11 is 0. The van der Waals surface area contributed by atoms with Gasteiger partial charge in [-0.15, -0.1) is 0 Å². The minimum Gasteiger partial charge on any atom is -0.396 e. The predicted molar refractivity (Wildman–Crippen MR) is 54.4 cm³/mol. The standard InChI is InChI=1S/C11H20O4/c12-7-1-2-10(13)3-5-11(6-4-10)14-8-9-15-11/h12-13H,1-9H2. The number of aliphatic hydroxyl groups is 2. The average molecular weight is 216 g/mol. The summed E-state index contributed by atoms with van der Waals surface area (Å²) in [4.78, 5) is 0. The van der Waals surface area contributed by atoms with Gasteiger partial charge in [0.15, 0.2) is 5.79 Å². The van der Waals surface area contributed by atoms with Crippen molar-refractivity contribution in [1.29, 1.82) is 0 Å². The van der Waals surface area contributed by atoms with Crippen molar-refractivity contribution in [2.24, 2.45) is 0 Å². The van der Waals surface area contributed by atoms with E-state index in [1.165, 1.54) is 0 Å². The molecule has 1 heterocycles. The van der Waals surface area contributed by atoms with E-state index in [2.05, 4.69) is 0 Å². The van der Waals surface area contributed by atoms with Crippen LogP contribution in [0.5, 0.6) is 0 Å². The third kappa shape index (κ3) is 2.50. The van der Waals surface area contributed by atoms with Crippen LogP contribution in [0.15, 0.2) is 0 Å². The van der Waals surface area contributed by atoms with Gasteiger partial charge in [-0.1, -0.05) is 0 Å². The van der Waals surface area contributed by atoms with Crippen LogP contribution in [0.1, 0.15) is 38.5 Å². The van der Waals surface area contributed by atoms with Crippen molar-refractivity contribution in [2.75, 3.05) is 19.8 Å². The van der Waals surface area contributed by atoms with E-state index < -0.39 is 11.4 Å². The topological polar surface area (TPSA) is 58.9 Å². The van der Waals surface area contributed by atoms with Crippen molar-refractivity contribution in [1.82, 2.24) is 0 Å². The SMILES string of the molecule is OCCCC1(O)CCC2(CC1)OCCO2. The minimum absolute atomic E-state index is 0.153. The lowest BCUT2D eigenvalue weighted by molar-refractivity contribution is -0.203. The average Bonchev–Trinajstić information content (AvgIpc) is 2.70. The van der Waals surface area contributed by atoms with E-state index in [-0.39, 0.29) is 6.61 Å². The monoisotopic (exact) mass is 216 g/mol. The van der Waals surface area contributed by atoms with Crippen molar-refractivity contribution < 1.29 is 19.7 Å². The molecule has 0 unspecified atom stereocenters. The molecule has 0 amide bonds. The second-order valence-corrected chi connectivity index (χ2v) is 4.66. The van der Waals surface area contributed by atoms with Crippen LogP contribution in [0.3, 0.4) is 0 Å². The lowest BCUT2D eigenvalue weighted by Gasteiger charge is -2.40. The molecule has 1 saturated carbocycles. The van der Waals surface area contributed by atoms with Crippen LogP contribution < -0.4 is 0 Å². The molecule has 2 fully saturated rings. The highest BCUT2D eigenvalue weighted by Crippen LogP contribution is 2.41. The highest BCUT2D eigenvalue weighted by Gasteiger charge is 2.45. The van der Waals surface area contributed by atoms with Crippen LogP contribution in [-0.2, 0) is 9.47 Å². The van der Waals surface area contributed by atoms with Gasteiger partial charge < -0.3 is 19.7 Å². The van der Waals surface area contributed by atoms with Crippen molar-refractivity contribution >= 4 is 0 Å². The molecular weight excluding hydrogens is 196 g/mol. The van der Waals surface area contributed by atoms with E-state index in [4.69, 9.17) is 14.6 Å². The molecule has 0 aromatic heterocycles. The Hall–Kier alpha value is -0.160. The van der Waals surface area contributed by atoms with Gasteiger partial charge in [0.1, 0.15) is 0 Å². The summed E-state index contributed by atoms with van der Waals surface area (Å²) in [7, 11) is 0. The van der Waals surface area contributed by atoms with Crippen LogP contribution in [-0.4, -0.2) is 41.4 Å². The number of hydrogen-bond donors (Lipinski definition) is 2. The number of aliphatic hydroxyl groups excluding tert-OH is 1. The second kappa shape index (κ2) is 4.37. The maximum Gasteiger partial charge on any atom is 0.168 e.